The summed E-state index contributed by atoms with van der Waals surface area (Å²) in [5.41, 5.74) is 7.88. The maximum atomic E-state index is 12.4. The third-order valence-electron chi connectivity index (χ3n) is 4.88. The second-order valence-electron chi connectivity index (χ2n) is 7.12. The van der Waals surface area contributed by atoms with Crippen molar-refractivity contribution in [1.82, 2.24) is 15.0 Å². The average molecular weight is 419 g/mol. The highest BCUT2D eigenvalue weighted by molar-refractivity contribution is 5.97. The van der Waals surface area contributed by atoms with Gasteiger partial charge in [0, 0.05) is 36.3 Å². The molecule has 3 aromatic heterocycles. The molecule has 1 saturated heterocycles. The summed E-state index contributed by atoms with van der Waals surface area (Å²) in [6.45, 7) is 2.24. The van der Waals surface area contributed by atoms with Crippen molar-refractivity contribution in [3.05, 3.63) is 60.7 Å². The Kier molecular flexibility index (Phi) is 5.85. The Bertz CT molecular complexity index is 1090. The molecule has 2 atom stereocenters. The lowest BCUT2D eigenvalue weighted by Gasteiger charge is -2.15. The Labute approximate surface area is 178 Å². The summed E-state index contributed by atoms with van der Waals surface area (Å²) in [6, 6.07) is 10.7. The average Bonchev–Trinajstić information content (AvgIpc) is 3.26. The number of hydrogen-bond acceptors (Lipinski definition) is 7. The number of hydrogen-bond donors (Lipinski definition) is 2. The van der Waals surface area contributed by atoms with Gasteiger partial charge in [0.05, 0.1) is 17.8 Å². The molecule has 4 heterocycles. The second-order valence-corrected chi connectivity index (χ2v) is 7.12. The molecule has 4 rings (SSSR count). The summed E-state index contributed by atoms with van der Waals surface area (Å²) < 4.78 is 11.2. The second kappa shape index (κ2) is 8.88. The number of aromatic nitrogens is 3. The normalized spacial score (nSPS) is 17.8. The number of aryl methyl sites for hydroxylation is 1. The standard InChI is InChI=1S/C22H21N5O4/c1-13-2-3-14(11-25-13)18-10-15(6-8-24-18)31-16-4-5-19(26-12-16)27-22(29)20-17(21(23)28)7-9-30-20/h2-6,8,10-12,17,20H,7,9H2,1H3,(H2,23,28)(H,26,27,29). The summed E-state index contributed by atoms with van der Waals surface area (Å²) in [6.07, 6.45) is 4.44. The van der Waals surface area contributed by atoms with Crippen LogP contribution in [0.25, 0.3) is 11.3 Å². The van der Waals surface area contributed by atoms with Gasteiger partial charge < -0.3 is 20.5 Å². The van der Waals surface area contributed by atoms with Crippen molar-refractivity contribution in [2.24, 2.45) is 11.7 Å². The first-order valence-electron chi connectivity index (χ1n) is 9.74. The van der Waals surface area contributed by atoms with E-state index in [4.69, 9.17) is 15.2 Å². The summed E-state index contributed by atoms with van der Waals surface area (Å²) >= 11 is 0. The van der Waals surface area contributed by atoms with Gasteiger partial charge in [-0.25, -0.2) is 4.98 Å². The van der Waals surface area contributed by atoms with Crippen molar-refractivity contribution in [2.45, 2.75) is 19.4 Å². The van der Waals surface area contributed by atoms with E-state index in [0.29, 0.717) is 30.3 Å². The number of nitrogens with two attached hydrogens (primary N) is 1. The van der Waals surface area contributed by atoms with Crippen LogP contribution in [0.2, 0.25) is 0 Å². The highest BCUT2D eigenvalue weighted by atomic mass is 16.5. The number of ether oxygens (including phenoxy) is 2. The fourth-order valence-electron chi connectivity index (χ4n) is 3.24. The molecule has 0 spiro atoms. The van der Waals surface area contributed by atoms with Gasteiger partial charge in [0.15, 0.2) is 0 Å². The first-order chi connectivity index (χ1) is 15.0. The van der Waals surface area contributed by atoms with Crippen LogP contribution in [-0.4, -0.2) is 39.5 Å². The zero-order valence-electron chi connectivity index (χ0n) is 16.8. The summed E-state index contributed by atoms with van der Waals surface area (Å²) in [4.78, 5) is 36.6. The van der Waals surface area contributed by atoms with Crippen LogP contribution >= 0.6 is 0 Å². The van der Waals surface area contributed by atoms with Crippen LogP contribution in [0, 0.1) is 12.8 Å². The van der Waals surface area contributed by atoms with E-state index in [0.717, 1.165) is 17.0 Å². The van der Waals surface area contributed by atoms with Crippen molar-refractivity contribution in [2.75, 3.05) is 11.9 Å². The molecule has 0 saturated carbocycles. The van der Waals surface area contributed by atoms with Crippen LogP contribution in [0.5, 0.6) is 11.5 Å². The van der Waals surface area contributed by atoms with Crippen molar-refractivity contribution in [1.29, 1.82) is 0 Å². The van der Waals surface area contributed by atoms with Gasteiger partial charge in [-0.05, 0) is 43.7 Å². The van der Waals surface area contributed by atoms with Crippen LogP contribution < -0.4 is 15.8 Å². The molecule has 9 nitrogen and oxygen atoms in total. The molecule has 0 radical (unpaired) electrons. The van der Waals surface area contributed by atoms with Crippen LogP contribution in [0.15, 0.2) is 55.0 Å². The number of rotatable bonds is 6. The SMILES string of the molecule is Cc1ccc(-c2cc(Oc3ccc(NC(=O)C4OCCC4C(N)=O)nc3)ccn2)cn1. The number of carbonyl (C=O) groups excluding carboxylic acids is 2. The predicted octanol–water partition coefficient (Wildman–Crippen LogP) is 2.47. The topological polar surface area (TPSA) is 129 Å². The predicted molar refractivity (Wildman–Crippen MR) is 112 cm³/mol. The maximum absolute atomic E-state index is 12.4. The lowest BCUT2D eigenvalue weighted by atomic mass is 10.0. The van der Waals surface area contributed by atoms with Gasteiger partial charge in [0.25, 0.3) is 5.91 Å². The Morgan fingerprint density at radius 1 is 1.10 bits per heavy atom. The van der Waals surface area contributed by atoms with E-state index in [1.54, 1.807) is 30.6 Å². The zero-order chi connectivity index (χ0) is 21.8. The Balaban J connectivity index is 1.41. The van der Waals surface area contributed by atoms with Crippen LogP contribution in [-0.2, 0) is 14.3 Å². The summed E-state index contributed by atoms with van der Waals surface area (Å²) in [5, 5.41) is 2.64. The van der Waals surface area contributed by atoms with E-state index < -0.39 is 23.8 Å². The van der Waals surface area contributed by atoms with E-state index in [9.17, 15) is 9.59 Å². The minimum atomic E-state index is -0.901. The van der Waals surface area contributed by atoms with E-state index in [-0.39, 0.29) is 0 Å². The minimum Gasteiger partial charge on any atom is -0.456 e. The van der Waals surface area contributed by atoms with Gasteiger partial charge in [-0.1, -0.05) is 0 Å². The van der Waals surface area contributed by atoms with Crippen molar-refractivity contribution >= 4 is 17.6 Å². The van der Waals surface area contributed by atoms with Crippen molar-refractivity contribution in [3.63, 3.8) is 0 Å². The highest BCUT2D eigenvalue weighted by Crippen LogP contribution is 2.26. The Morgan fingerprint density at radius 2 is 1.97 bits per heavy atom. The molecule has 1 fully saturated rings. The highest BCUT2D eigenvalue weighted by Gasteiger charge is 2.38. The first-order valence-corrected chi connectivity index (χ1v) is 9.74. The van der Waals surface area contributed by atoms with E-state index in [2.05, 4.69) is 20.3 Å². The van der Waals surface area contributed by atoms with Crippen LogP contribution in [0.3, 0.4) is 0 Å². The summed E-state index contributed by atoms with van der Waals surface area (Å²) in [7, 11) is 0. The van der Waals surface area contributed by atoms with Crippen LogP contribution in [0.4, 0.5) is 5.82 Å². The largest absolute Gasteiger partial charge is 0.456 e. The van der Waals surface area contributed by atoms with Gasteiger partial charge >= 0.3 is 0 Å². The molecule has 9 heteroatoms. The molecule has 158 valence electrons. The number of nitrogens with one attached hydrogen (secondary N) is 1. The third kappa shape index (κ3) is 4.84. The van der Waals surface area contributed by atoms with Crippen molar-refractivity contribution in [3.8, 4) is 22.8 Å². The fourth-order valence-corrected chi connectivity index (χ4v) is 3.24. The first kappa shape index (κ1) is 20.4. The smallest absolute Gasteiger partial charge is 0.255 e. The Morgan fingerprint density at radius 3 is 2.68 bits per heavy atom. The number of amides is 2. The quantitative estimate of drug-likeness (QED) is 0.628. The van der Waals surface area contributed by atoms with Gasteiger partial charge in [-0.15, -0.1) is 0 Å². The molecule has 0 aromatic carbocycles. The van der Waals surface area contributed by atoms with Gasteiger partial charge in [0.1, 0.15) is 23.4 Å². The molecule has 2 unspecified atom stereocenters. The van der Waals surface area contributed by atoms with Gasteiger partial charge in [-0.2, -0.15) is 0 Å². The number of anilines is 1. The van der Waals surface area contributed by atoms with Gasteiger partial charge in [0.2, 0.25) is 5.91 Å². The molecule has 3 N–H and O–H groups in total. The third-order valence-corrected chi connectivity index (χ3v) is 4.88. The lowest BCUT2D eigenvalue weighted by molar-refractivity contribution is -0.133. The molecule has 31 heavy (non-hydrogen) atoms. The lowest BCUT2D eigenvalue weighted by Crippen LogP contribution is -2.38. The molecule has 0 bridgehead atoms. The zero-order valence-corrected chi connectivity index (χ0v) is 16.8. The summed E-state index contributed by atoms with van der Waals surface area (Å²) in [5.74, 6) is -0.234. The molecule has 1 aliphatic rings. The number of pyridine rings is 3. The molecule has 1 aliphatic heterocycles. The molecule has 2 amide bonds. The monoisotopic (exact) mass is 419 g/mol. The molecule has 3 aromatic rings. The minimum absolute atomic E-state index is 0.317. The number of primary amides is 1. The fraction of sp³-hybridized carbons (Fsp3) is 0.227. The van der Waals surface area contributed by atoms with E-state index in [1.165, 1.54) is 6.20 Å². The van der Waals surface area contributed by atoms with Gasteiger partial charge in [-0.3, -0.25) is 19.6 Å². The molecular formula is C22H21N5O4. The van der Waals surface area contributed by atoms with Crippen molar-refractivity contribution < 1.29 is 19.1 Å². The maximum Gasteiger partial charge on any atom is 0.255 e. The number of nitrogens with zero attached hydrogens (tertiary/aromatic N) is 3. The Hall–Kier alpha value is -3.85. The van der Waals surface area contributed by atoms with Crippen LogP contribution in [0.1, 0.15) is 12.1 Å². The number of carbonyl (C=O) groups is 2. The van der Waals surface area contributed by atoms with E-state index >= 15 is 0 Å². The molecular weight excluding hydrogens is 398 g/mol. The molecule has 0 aliphatic carbocycles. The van der Waals surface area contributed by atoms with E-state index in [1.807, 2.05) is 25.1 Å².